The fourth-order valence-corrected chi connectivity index (χ4v) is 7.82. The standard InChI is InChI=1S/C33H30F3NO4/c1-40-27-10-6-3-7-21(27)11-16-29(38)37-19-28-31(22-12-14-23(15-13-22)33(34,35)36)18-17-26(24-8-4-5-9-25(24)31)32(28,20-37)30(39)41-2/h3-16,26,28H,17-20H2,1-2H3/b16-11+/t26-,28-,31-,32-/m0/s1. The number of halogens is 3. The Morgan fingerprint density at radius 3 is 2.39 bits per heavy atom. The minimum atomic E-state index is -4.46. The van der Waals surface area contributed by atoms with Gasteiger partial charge < -0.3 is 14.4 Å². The van der Waals surface area contributed by atoms with Gasteiger partial charge in [-0.3, -0.25) is 9.59 Å². The van der Waals surface area contributed by atoms with E-state index in [1.54, 1.807) is 30.2 Å². The van der Waals surface area contributed by atoms with E-state index in [0.29, 0.717) is 24.2 Å². The molecule has 212 valence electrons. The van der Waals surface area contributed by atoms with Crippen LogP contribution in [-0.4, -0.2) is 44.1 Å². The van der Waals surface area contributed by atoms with Gasteiger partial charge in [0.1, 0.15) is 5.75 Å². The summed E-state index contributed by atoms with van der Waals surface area (Å²) in [6.45, 7) is 0.441. The van der Waals surface area contributed by atoms with Gasteiger partial charge >= 0.3 is 12.1 Å². The molecule has 8 heteroatoms. The Balaban J connectivity index is 1.46. The van der Waals surface area contributed by atoms with Crippen LogP contribution in [0.3, 0.4) is 0 Å². The van der Waals surface area contributed by atoms with Crippen molar-refractivity contribution in [2.24, 2.45) is 11.3 Å². The van der Waals surface area contributed by atoms with E-state index in [1.165, 1.54) is 13.2 Å². The second-order valence-electron chi connectivity index (χ2n) is 11.1. The Labute approximate surface area is 236 Å². The summed E-state index contributed by atoms with van der Waals surface area (Å²) < 4.78 is 51.3. The Bertz CT molecular complexity index is 1530. The van der Waals surface area contributed by atoms with Crippen LogP contribution < -0.4 is 4.74 Å². The summed E-state index contributed by atoms with van der Waals surface area (Å²) in [6, 6.07) is 20.5. The van der Waals surface area contributed by atoms with Crippen LogP contribution in [-0.2, 0) is 25.9 Å². The SMILES string of the molecule is COC(=O)[C@]12CN(C(=O)/C=C/c3ccccc3OC)C[C@H]1[C@]1(c3ccc(C(F)(F)F)cc3)CC[C@H]2c2ccccc21. The highest BCUT2D eigenvalue weighted by Crippen LogP contribution is 2.69. The molecule has 2 bridgehead atoms. The molecule has 1 saturated carbocycles. The van der Waals surface area contributed by atoms with Gasteiger partial charge in [-0.2, -0.15) is 13.2 Å². The number of amides is 1. The molecule has 0 radical (unpaired) electrons. The molecule has 1 aliphatic heterocycles. The molecule has 4 atom stereocenters. The molecule has 41 heavy (non-hydrogen) atoms. The van der Waals surface area contributed by atoms with Crippen molar-refractivity contribution in [3.8, 4) is 5.75 Å². The maximum absolute atomic E-state index is 13.8. The third-order valence-electron chi connectivity index (χ3n) is 9.49. The largest absolute Gasteiger partial charge is 0.496 e. The van der Waals surface area contributed by atoms with Crippen LogP contribution in [0.5, 0.6) is 5.75 Å². The molecule has 7 rings (SSSR count). The third-order valence-corrected chi connectivity index (χ3v) is 9.49. The summed E-state index contributed by atoms with van der Waals surface area (Å²) in [6.07, 6.45) is 0.0344. The molecule has 0 N–H and O–H groups in total. The van der Waals surface area contributed by atoms with Crippen LogP contribution in [0.25, 0.3) is 6.08 Å². The van der Waals surface area contributed by atoms with Gasteiger partial charge in [-0.15, -0.1) is 0 Å². The number of rotatable bonds is 5. The van der Waals surface area contributed by atoms with Gasteiger partial charge in [0.15, 0.2) is 0 Å². The number of carbonyl (C=O) groups excluding carboxylic acids is 2. The van der Waals surface area contributed by atoms with E-state index in [2.05, 4.69) is 0 Å². The van der Waals surface area contributed by atoms with Crippen molar-refractivity contribution < 1.29 is 32.2 Å². The smallest absolute Gasteiger partial charge is 0.416 e. The summed E-state index contributed by atoms with van der Waals surface area (Å²) in [7, 11) is 2.92. The first-order valence-electron chi connectivity index (χ1n) is 13.6. The summed E-state index contributed by atoms with van der Waals surface area (Å²) in [5, 5.41) is 0. The second-order valence-corrected chi connectivity index (χ2v) is 11.1. The maximum Gasteiger partial charge on any atom is 0.416 e. The highest BCUT2D eigenvalue weighted by Gasteiger charge is 2.71. The van der Waals surface area contributed by atoms with E-state index in [-0.39, 0.29) is 36.8 Å². The van der Waals surface area contributed by atoms with E-state index in [4.69, 9.17) is 9.47 Å². The average molecular weight is 562 g/mol. The van der Waals surface area contributed by atoms with Gasteiger partial charge in [0.05, 0.1) is 25.2 Å². The molecule has 3 aromatic rings. The quantitative estimate of drug-likeness (QED) is 0.274. The number of benzene rings is 3. The number of ether oxygens (including phenoxy) is 2. The third kappa shape index (κ3) is 3.98. The number of hydrogen-bond acceptors (Lipinski definition) is 4. The van der Waals surface area contributed by atoms with Crippen molar-refractivity contribution in [3.05, 3.63) is 107 Å². The van der Waals surface area contributed by atoms with Crippen LogP contribution in [0.1, 0.15) is 46.6 Å². The monoisotopic (exact) mass is 561 g/mol. The van der Waals surface area contributed by atoms with Gasteiger partial charge in [-0.1, -0.05) is 54.6 Å². The Hall–Kier alpha value is -4.07. The zero-order valence-corrected chi connectivity index (χ0v) is 22.8. The molecule has 3 aliphatic carbocycles. The van der Waals surface area contributed by atoms with Gasteiger partial charge in [-0.25, -0.2) is 0 Å². The number of hydrogen-bond donors (Lipinski definition) is 0. The van der Waals surface area contributed by atoms with Crippen LogP contribution in [0.2, 0.25) is 0 Å². The van der Waals surface area contributed by atoms with Crippen LogP contribution in [0.15, 0.2) is 78.9 Å². The van der Waals surface area contributed by atoms with Crippen molar-refractivity contribution in [2.45, 2.75) is 30.4 Å². The zero-order valence-electron chi connectivity index (χ0n) is 22.8. The van der Waals surface area contributed by atoms with Crippen molar-refractivity contribution in [3.63, 3.8) is 0 Å². The van der Waals surface area contributed by atoms with Gasteiger partial charge in [0.25, 0.3) is 0 Å². The molecule has 1 heterocycles. The van der Waals surface area contributed by atoms with Gasteiger partial charge in [0.2, 0.25) is 5.91 Å². The number of fused-ring (bicyclic) bond motifs is 1. The second kappa shape index (κ2) is 9.79. The lowest BCUT2D eigenvalue weighted by atomic mass is 9.42. The Morgan fingerprint density at radius 1 is 0.976 bits per heavy atom. The van der Waals surface area contributed by atoms with E-state index >= 15 is 0 Å². The lowest BCUT2D eigenvalue weighted by Crippen LogP contribution is -2.60. The number of para-hydroxylation sites is 1. The fraction of sp³-hybridized carbons (Fsp3) is 0.333. The number of esters is 1. The molecule has 1 amide bonds. The summed E-state index contributed by atoms with van der Waals surface area (Å²) >= 11 is 0. The number of methoxy groups -OCH3 is 2. The lowest BCUT2D eigenvalue weighted by Gasteiger charge is -2.59. The van der Waals surface area contributed by atoms with Crippen LogP contribution in [0, 0.1) is 11.3 Å². The normalized spacial score (nSPS) is 26.5. The highest BCUT2D eigenvalue weighted by atomic mass is 19.4. The van der Waals surface area contributed by atoms with E-state index in [9.17, 15) is 22.8 Å². The number of carbonyl (C=O) groups is 2. The van der Waals surface area contributed by atoms with Gasteiger partial charge in [0, 0.05) is 42.0 Å². The van der Waals surface area contributed by atoms with Gasteiger partial charge in [-0.05, 0) is 53.8 Å². The van der Waals surface area contributed by atoms with Crippen molar-refractivity contribution in [1.29, 1.82) is 0 Å². The van der Waals surface area contributed by atoms with E-state index in [0.717, 1.165) is 28.8 Å². The molecule has 1 saturated heterocycles. The van der Waals surface area contributed by atoms with E-state index < -0.39 is 22.6 Å². The first-order chi connectivity index (χ1) is 19.7. The van der Waals surface area contributed by atoms with Crippen molar-refractivity contribution in [1.82, 2.24) is 4.90 Å². The van der Waals surface area contributed by atoms with Crippen molar-refractivity contribution in [2.75, 3.05) is 27.3 Å². The summed E-state index contributed by atoms with van der Waals surface area (Å²) in [5.74, 6) is -0.561. The topological polar surface area (TPSA) is 55.8 Å². The predicted molar refractivity (Wildman–Crippen MR) is 147 cm³/mol. The molecular weight excluding hydrogens is 531 g/mol. The predicted octanol–water partition coefficient (Wildman–Crippen LogP) is 6.22. The zero-order chi connectivity index (χ0) is 29.0. The molecular formula is C33H30F3NO4. The minimum absolute atomic E-state index is 0.167. The summed E-state index contributed by atoms with van der Waals surface area (Å²) in [4.78, 5) is 29.1. The number of alkyl halides is 3. The molecule has 0 aromatic heterocycles. The Morgan fingerprint density at radius 2 is 1.68 bits per heavy atom. The minimum Gasteiger partial charge on any atom is -0.496 e. The van der Waals surface area contributed by atoms with Crippen LogP contribution in [0.4, 0.5) is 13.2 Å². The first-order valence-corrected chi connectivity index (χ1v) is 13.6. The molecule has 3 aromatic carbocycles. The average Bonchev–Trinajstić information content (AvgIpc) is 3.43. The van der Waals surface area contributed by atoms with Crippen LogP contribution >= 0.6 is 0 Å². The van der Waals surface area contributed by atoms with E-state index in [1.807, 2.05) is 48.5 Å². The Kier molecular flexibility index (Phi) is 6.47. The summed E-state index contributed by atoms with van der Waals surface area (Å²) in [5.41, 5.74) is 0.964. The fourth-order valence-electron chi connectivity index (χ4n) is 7.82. The molecule has 0 unspecified atom stereocenters. The maximum atomic E-state index is 13.8. The number of nitrogens with zero attached hydrogens (tertiary/aromatic N) is 1. The molecule has 5 nitrogen and oxygen atoms in total. The lowest BCUT2D eigenvalue weighted by molar-refractivity contribution is -0.161. The molecule has 0 spiro atoms. The molecule has 2 fully saturated rings. The molecule has 4 aliphatic rings. The highest BCUT2D eigenvalue weighted by molar-refractivity contribution is 5.94. The number of likely N-dealkylation sites (tertiary alicyclic amines) is 1. The first kappa shape index (κ1) is 27.1. The van der Waals surface area contributed by atoms with Crippen molar-refractivity contribution >= 4 is 18.0 Å².